The second-order valence-corrected chi connectivity index (χ2v) is 15.5. The highest BCUT2D eigenvalue weighted by Crippen LogP contribution is 2.42. The monoisotopic (exact) mass is 656 g/mol. The van der Waals surface area contributed by atoms with Crippen LogP contribution >= 0.6 is 0 Å². The average molecular weight is 657 g/mol. The molecule has 250 valence electrons. The molecule has 0 saturated carbocycles. The molecule has 50 heavy (non-hydrogen) atoms. The van der Waals surface area contributed by atoms with Gasteiger partial charge in [0, 0.05) is 22.7 Å². The van der Waals surface area contributed by atoms with E-state index in [1.54, 1.807) is 12.3 Å². The topological polar surface area (TPSA) is 58.6 Å². The molecule has 0 aliphatic heterocycles. The fourth-order valence-corrected chi connectivity index (χ4v) is 6.52. The lowest BCUT2D eigenvalue weighted by Gasteiger charge is -2.20. The maximum atomic E-state index is 10.8. The SMILES string of the molecule is Cc1ccc(C)c(-c2cccc(-c3cc(C(C)(C)C)cc4oc(-c5ccc6ccccc6c5N=Cc5cc(C(C)(C)C)ccc5O)nc34)c2)c1. The van der Waals surface area contributed by atoms with Crippen molar-refractivity contribution in [3.05, 3.63) is 137 Å². The number of aliphatic imine (C=N–C) groups is 1. The third kappa shape index (κ3) is 6.34. The molecule has 0 amide bonds. The van der Waals surface area contributed by atoms with Crippen molar-refractivity contribution < 1.29 is 9.52 Å². The Balaban J connectivity index is 1.42. The van der Waals surface area contributed by atoms with Crippen LogP contribution in [0.15, 0.2) is 119 Å². The zero-order valence-electron chi connectivity index (χ0n) is 30.2. The summed E-state index contributed by atoms with van der Waals surface area (Å²) in [6, 6.07) is 37.8. The second-order valence-electron chi connectivity index (χ2n) is 15.5. The highest BCUT2D eigenvalue weighted by Gasteiger charge is 2.23. The molecule has 1 N–H and O–H groups in total. The maximum Gasteiger partial charge on any atom is 0.229 e. The van der Waals surface area contributed by atoms with Gasteiger partial charge in [-0.25, -0.2) is 4.98 Å². The zero-order chi connectivity index (χ0) is 35.4. The van der Waals surface area contributed by atoms with Crippen molar-refractivity contribution in [1.82, 2.24) is 4.98 Å². The van der Waals surface area contributed by atoms with E-state index in [4.69, 9.17) is 14.4 Å². The van der Waals surface area contributed by atoms with E-state index in [2.05, 4.69) is 128 Å². The predicted molar refractivity (Wildman–Crippen MR) is 210 cm³/mol. The van der Waals surface area contributed by atoms with Gasteiger partial charge in [0.25, 0.3) is 0 Å². The van der Waals surface area contributed by atoms with E-state index in [0.29, 0.717) is 11.5 Å². The first-order valence-electron chi connectivity index (χ1n) is 17.3. The molecule has 0 aliphatic rings. The molecule has 4 nitrogen and oxygen atoms in total. The van der Waals surface area contributed by atoms with Gasteiger partial charge in [-0.15, -0.1) is 0 Å². The molecule has 4 heteroatoms. The molecular weight excluding hydrogens is 613 g/mol. The van der Waals surface area contributed by atoms with Crippen LogP contribution in [0.3, 0.4) is 0 Å². The summed E-state index contributed by atoms with van der Waals surface area (Å²) >= 11 is 0. The number of phenolic OH excluding ortho intramolecular Hbond substituents is 1. The number of nitrogens with zero attached hydrogens (tertiary/aromatic N) is 2. The number of fused-ring (bicyclic) bond motifs is 2. The van der Waals surface area contributed by atoms with E-state index < -0.39 is 0 Å². The smallest absolute Gasteiger partial charge is 0.229 e. The third-order valence-electron chi connectivity index (χ3n) is 9.60. The van der Waals surface area contributed by atoms with Crippen molar-refractivity contribution in [2.24, 2.45) is 4.99 Å². The van der Waals surface area contributed by atoms with Crippen LogP contribution in [0.1, 0.15) is 69.4 Å². The normalized spacial score (nSPS) is 12.4. The lowest BCUT2D eigenvalue weighted by Crippen LogP contribution is -2.11. The van der Waals surface area contributed by atoms with Crippen molar-refractivity contribution in [3.63, 3.8) is 0 Å². The first kappa shape index (κ1) is 33.0. The maximum absolute atomic E-state index is 10.8. The van der Waals surface area contributed by atoms with E-state index in [9.17, 15) is 5.11 Å². The molecule has 1 aromatic heterocycles. The number of hydrogen-bond acceptors (Lipinski definition) is 4. The van der Waals surface area contributed by atoms with Crippen molar-refractivity contribution in [3.8, 4) is 39.5 Å². The fourth-order valence-electron chi connectivity index (χ4n) is 6.52. The summed E-state index contributed by atoms with van der Waals surface area (Å²) < 4.78 is 6.70. The van der Waals surface area contributed by atoms with Gasteiger partial charge in [-0.05, 0) is 99.8 Å². The number of hydrogen-bond donors (Lipinski definition) is 1. The van der Waals surface area contributed by atoms with Gasteiger partial charge in [0.15, 0.2) is 5.58 Å². The van der Waals surface area contributed by atoms with Gasteiger partial charge < -0.3 is 9.52 Å². The molecule has 0 atom stereocenters. The first-order chi connectivity index (χ1) is 23.8. The van der Waals surface area contributed by atoms with Gasteiger partial charge in [0.1, 0.15) is 11.3 Å². The molecule has 6 aromatic carbocycles. The Morgan fingerprint density at radius 2 is 1.40 bits per heavy atom. The Morgan fingerprint density at radius 1 is 0.660 bits per heavy atom. The molecule has 0 aliphatic carbocycles. The summed E-state index contributed by atoms with van der Waals surface area (Å²) in [5, 5.41) is 12.8. The molecule has 0 spiro atoms. The Morgan fingerprint density at radius 3 is 2.16 bits per heavy atom. The number of oxazole rings is 1. The molecule has 1 heterocycles. The molecular formula is C46H44N2O2. The molecule has 7 aromatic rings. The predicted octanol–water partition coefficient (Wildman–Crippen LogP) is 12.7. The van der Waals surface area contributed by atoms with Gasteiger partial charge in [-0.1, -0.05) is 120 Å². The van der Waals surface area contributed by atoms with E-state index in [1.165, 1.54) is 27.8 Å². The number of rotatable bonds is 5. The number of benzene rings is 6. The van der Waals surface area contributed by atoms with Crippen molar-refractivity contribution in [2.45, 2.75) is 66.2 Å². The Kier molecular flexibility index (Phi) is 8.22. The van der Waals surface area contributed by atoms with Crippen LogP contribution in [0.25, 0.3) is 55.6 Å². The summed E-state index contributed by atoms with van der Waals surface area (Å²) in [6.45, 7) is 17.5. The summed E-state index contributed by atoms with van der Waals surface area (Å²) in [5.74, 6) is 0.691. The minimum atomic E-state index is -0.109. The van der Waals surface area contributed by atoms with E-state index in [-0.39, 0.29) is 16.6 Å². The Labute approximate surface area is 295 Å². The van der Waals surface area contributed by atoms with Crippen molar-refractivity contribution in [2.75, 3.05) is 0 Å². The van der Waals surface area contributed by atoms with Gasteiger partial charge in [0.2, 0.25) is 5.89 Å². The van der Waals surface area contributed by atoms with Crippen LogP contribution in [0.5, 0.6) is 5.75 Å². The molecule has 7 rings (SSSR count). The van der Waals surface area contributed by atoms with Crippen LogP contribution in [0.2, 0.25) is 0 Å². The quantitative estimate of drug-likeness (QED) is 0.188. The fraction of sp³-hybridized carbons (Fsp3) is 0.217. The summed E-state index contributed by atoms with van der Waals surface area (Å²) in [4.78, 5) is 10.3. The molecule has 0 radical (unpaired) electrons. The van der Waals surface area contributed by atoms with Gasteiger partial charge in [-0.3, -0.25) is 4.99 Å². The minimum Gasteiger partial charge on any atom is -0.507 e. The lowest BCUT2D eigenvalue weighted by atomic mass is 9.84. The molecule has 0 bridgehead atoms. The van der Waals surface area contributed by atoms with E-state index in [1.807, 2.05) is 30.3 Å². The number of aryl methyl sites for hydroxylation is 2. The highest BCUT2D eigenvalue weighted by molar-refractivity contribution is 6.03. The summed E-state index contributed by atoms with van der Waals surface area (Å²) in [6.07, 6.45) is 1.75. The standard InChI is InChI=1S/C46H44N2O2/c1-28-16-17-29(2)38(22-28)31-13-11-14-32(23-31)39-25-35(46(6,7)8)26-41-43(39)48-44(50-41)37-20-18-30-12-9-10-15-36(30)42(37)47-27-33-24-34(45(3,4)5)19-21-40(33)49/h9-27,49H,1-8H3. The molecule has 0 saturated heterocycles. The van der Waals surface area contributed by atoms with Gasteiger partial charge in [-0.2, -0.15) is 0 Å². The van der Waals surface area contributed by atoms with Crippen LogP contribution < -0.4 is 0 Å². The first-order valence-corrected chi connectivity index (χ1v) is 17.3. The Bertz CT molecular complexity index is 2430. The summed E-state index contributed by atoms with van der Waals surface area (Å²) in [7, 11) is 0. The molecule has 0 unspecified atom stereocenters. The average Bonchev–Trinajstić information content (AvgIpc) is 3.52. The van der Waals surface area contributed by atoms with Crippen molar-refractivity contribution >= 4 is 33.8 Å². The van der Waals surface area contributed by atoms with Gasteiger partial charge in [0.05, 0.1) is 11.3 Å². The van der Waals surface area contributed by atoms with E-state index in [0.717, 1.165) is 49.8 Å². The molecule has 0 fully saturated rings. The van der Waals surface area contributed by atoms with Gasteiger partial charge >= 0.3 is 0 Å². The second kappa shape index (κ2) is 12.4. The Hall–Kier alpha value is -5.48. The van der Waals surface area contributed by atoms with Crippen LogP contribution in [0, 0.1) is 13.8 Å². The van der Waals surface area contributed by atoms with Crippen LogP contribution in [-0.2, 0) is 10.8 Å². The zero-order valence-corrected chi connectivity index (χ0v) is 30.2. The highest BCUT2D eigenvalue weighted by atomic mass is 16.3. The van der Waals surface area contributed by atoms with Crippen LogP contribution in [-0.4, -0.2) is 16.3 Å². The lowest BCUT2D eigenvalue weighted by molar-refractivity contribution is 0.473. The number of phenols is 1. The van der Waals surface area contributed by atoms with Crippen LogP contribution in [0.4, 0.5) is 5.69 Å². The largest absolute Gasteiger partial charge is 0.507 e. The number of aromatic nitrogens is 1. The third-order valence-corrected chi connectivity index (χ3v) is 9.60. The minimum absolute atomic E-state index is 0.0684. The van der Waals surface area contributed by atoms with E-state index >= 15 is 0 Å². The van der Waals surface area contributed by atoms with Crippen molar-refractivity contribution in [1.29, 1.82) is 0 Å². The number of aromatic hydroxyl groups is 1. The summed E-state index contributed by atoms with van der Waals surface area (Å²) in [5.41, 5.74) is 12.9.